The standard InChI is InChI=1S/C18H22N2/c1-12-9-13-6-4-8-20-16-7-3-5-14(11-19-2)17(16)15(10-12)18(13)20/h3,7,9-10,14,19H,4-6,8,11H2,1-2H3. The first-order valence-electron chi connectivity index (χ1n) is 7.76. The number of aromatic nitrogens is 1. The number of rotatable bonds is 2. The van der Waals surface area contributed by atoms with E-state index in [1.54, 1.807) is 11.1 Å². The van der Waals surface area contributed by atoms with Gasteiger partial charge >= 0.3 is 0 Å². The Balaban J connectivity index is 2.07. The molecule has 2 heteroatoms. The lowest BCUT2D eigenvalue weighted by Crippen LogP contribution is -2.19. The highest BCUT2D eigenvalue weighted by atomic mass is 15.0. The van der Waals surface area contributed by atoms with Gasteiger partial charge in [0.15, 0.2) is 0 Å². The molecule has 104 valence electrons. The number of aryl methyl sites for hydroxylation is 3. The van der Waals surface area contributed by atoms with E-state index < -0.39 is 0 Å². The molecule has 0 saturated carbocycles. The van der Waals surface area contributed by atoms with Crippen LogP contribution in [0.2, 0.25) is 0 Å². The number of hydrogen-bond donors (Lipinski definition) is 1. The molecule has 0 saturated heterocycles. The average Bonchev–Trinajstić information content (AvgIpc) is 2.76. The maximum atomic E-state index is 3.37. The second kappa shape index (κ2) is 4.49. The SMILES string of the molecule is CNCC1CC=Cc2c1c1cc(C)cc3c1n2CCC3. The Kier molecular flexibility index (Phi) is 2.74. The number of allylic oxidation sites excluding steroid dienone is 1. The number of nitrogens with zero attached hydrogens (tertiary/aromatic N) is 1. The zero-order valence-electron chi connectivity index (χ0n) is 12.4. The van der Waals surface area contributed by atoms with E-state index in [0.717, 1.165) is 13.0 Å². The molecule has 4 rings (SSSR count). The summed E-state index contributed by atoms with van der Waals surface area (Å²) in [5.41, 5.74) is 7.53. The Morgan fingerprint density at radius 3 is 3.10 bits per heavy atom. The third-order valence-corrected chi connectivity index (χ3v) is 4.84. The number of benzene rings is 1. The number of fused-ring (bicyclic) bond motifs is 3. The van der Waals surface area contributed by atoms with Crippen LogP contribution in [0.5, 0.6) is 0 Å². The zero-order valence-corrected chi connectivity index (χ0v) is 12.4. The molecule has 20 heavy (non-hydrogen) atoms. The van der Waals surface area contributed by atoms with Gasteiger partial charge in [-0.15, -0.1) is 0 Å². The van der Waals surface area contributed by atoms with Gasteiger partial charge in [-0.3, -0.25) is 0 Å². The van der Waals surface area contributed by atoms with E-state index in [0.29, 0.717) is 5.92 Å². The van der Waals surface area contributed by atoms with Crippen molar-refractivity contribution < 1.29 is 0 Å². The minimum atomic E-state index is 0.622. The van der Waals surface area contributed by atoms with Crippen molar-refractivity contribution in [3.63, 3.8) is 0 Å². The number of nitrogens with one attached hydrogen (secondary N) is 1. The molecule has 2 aromatic rings. The van der Waals surface area contributed by atoms with Crippen LogP contribution in [0.4, 0.5) is 0 Å². The quantitative estimate of drug-likeness (QED) is 0.878. The van der Waals surface area contributed by atoms with Crippen molar-refractivity contribution in [2.75, 3.05) is 13.6 Å². The van der Waals surface area contributed by atoms with Crippen molar-refractivity contribution in [3.05, 3.63) is 40.6 Å². The van der Waals surface area contributed by atoms with Gasteiger partial charge in [-0.25, -0.2) is 0 Å². The van der Waals surface area contributed by atoms with Crippen LogP contribution in [-0.2, 0) is 13.0 Å². The second-order valence-corrected chi connectivity index (χ2v) is 6.27. The summed E-state index contributed by atoms with van der Waals surface area (Å²) in [5.74, 6) is 0.622. The van der Waals surface area contributed by atoms with Crippen LogP contribution >= 0.6 is 0 Å². The predicted molar refractivity (Wildman–Crippen MR) is 85.3 cm³/mol. The fourth-order valence-electron chi connectivity index (χ4n) is 4.13. The fourth-order valence-corrected chi connectivity index (χ4v) is 4.13. The summed E-state index contributed by atoms with van der Waals surface area (Å²) in [7, 11) is 2.06. The average molecular weight is 266 g/mol. The van der Waals surface area contributed by atoms with Gasteiger partial charge < -0.3 is 9.88 Å². The molecule has 2 nitrogen and oxygen atoms in total. The summed E-state index contributed by atoms with van der Waals surface area (Å²) in [5, 5.41) is 4.89. The lowest BCUT2D eigenvalue weighted by Gasteiger charge is -2.21. The molecule has 1 unspecified atom stereocenters. The first kappa shape index (κ1) is 12.2. The maximum Gasteiger partial charge on any atom is 0.0520 e. The molecule has 0 spiro atoms. The van der Waals surface area contributed by atoms with Crippen molar-refractivity contribution in [2.45, 2.75) is 38.6 Å². The van der Waals surface area contributed by atoms with Crippen LogP contribution in [-0.4, -0.2) is 18.2 Å². The first-order chi connectivity index (χ1) is 9.79. The van der Waals surface area contributed by atoms with E-state index in [1.807, 2.05) is 0 Å². The van der Waals surface area contributed by atoms with Gasteiger partial charge in [-0.1, -0.05) is 17.7 Å². The third kappa shape index (κ3) is 1.61. The van der Waals surface area contributed by atoms with Gasteiger partial charge in [-0.05, 0) is 56.5 Å². The number of likely N-dealkylation sites (N-methyl/N-ethyl adjacent to an activating group) is 1. The normalized spacial score (nSPS) is 20.4. The van der Waals surface area contributed by atoms with Crippen LogP contribution < -0.4 is 5.32 Å². The van der Waals surface area contributed by atoms with E-state index in [-0.39, 0.29) is 0 Å². The molecule has 1 aromatic heterocycles. The molecule has 2 aliphatic rings. The summed E-state index contributed by atoms with van der Waals surface area (Å²) < 4.78 is 2.57. The van der Waals surface area contributed by atoms with E-state index in [2.05, 4.69) is 48.1 Å². The highest BCUT2D eigenvalue weighted by Gasteiger charge is 2.27. The highest BCUT2D eigenvalue weighted by molar-refractivity contribution is 5.92. The minimum absolute atomic E-state index is 0.622. The van der Waals surface area contributed by atoms with Crippen LogP contribution in [0.25, 0.3) is 17.0 Å². The maximum absolute atomic E-state index is 3.37. The van der Waals surface area contributed by atoms with Crippen molar-refractivity contribution in [3.8, 4) is 0 Å². The van der Waals surface area contributed by atoms with Crippen LogP contribution in [0.15, 0.2) is 18.2 Å². The van der Waals surface area contributed by atoms with E-state index >= 15 is 0 Å². The summed E-state index contributed by atoms with van der Waals surface area (Å²) in [6.45, 7) is 4.48. The molecule has 1 atom stereocenters. The zero-order chi connectivity index (χ0) is 13.7. The minimum Gasteiger partial charge on any atom is -0.341 e. The van der Waals surface area contributed by atoms with E-state index in [4.69, 9.17) is 0 Å². The molecule has 1 aliphatic carbocycles. The smallest absolute Gasteiger partial charge is 0.0520 e. The summed E-state index contributed by atoms with van der Waals surface area (Å²) in [4.78, 5) is 0. The third-order valence-electron chi connectivity index (χ3n) is 4.84. The number of hydrogen-bond acceptors (Lipinski definition) is 1. The van der Waals surface area contributed by atoms with Crippen molar-refractivity contribution in [1.82, 2.24) is 9.88 Å². The molecular weight excluding hydrogens is 244 g/mol. The second-order valence-electron chi connectivity index (χ2n) is 6.27. The van der Waals surface area contributed by atoms with Crippen LogP contribution in [0, 0.1) is 6.92 Å². The largest absolute Gasteiger partial charge is 0.341 e. The molecule has 1 aromatic carbocycles. The van der Waals surface area contributed by atoms with Gasteiger partial charge in [-0.2, -0.15) is 0 Å². The molecule has 1 N–H and O–H groups in total. The van der Waals surface area contributed by atoms with Crippen LogP contribution in [0.3, 0.4) is 0 Å². The van der Waals surface area contributed by atoms with Gasteiger partial charge in [0.25, 0.3) is 0 Å². The van der Waals surface area contributed by atoms with Gasteiger partial charge in [0.05, 0.1) is 5.52 Å². The van der Waals surface area contributed by atoms with Gasteiger partial charge in [0.2, 0.25) is 0 Å². The van der Waals surface area contributed by atoms with Gasteiger partial charge in [0, 0.05) is 30.1 Å². The Labute approximate surface area is 120 Å². The Morgan fingerprint density at radius 2 is 2.25 bits per heavy atom. The van der Waals surface area contributed by atoms with Crippen molar-refractivity contribution >= 4 is 17.0 Å². The van der Waals surface area contributed by atoms with Gasteiger partial charge in [0.1, 0.15) is 0 Å². The molecule has 2 heterocycles. The summed E-state index contributed by atoms with van der Waals surface area (Å²) >= 11 is 0. The van der Waals surface area contributed by atoms with E-state index in [1.165, 1.54) is 41.5 Å². The fraction of sp³-hybridized carbons (Fsp3) is 0.444. The molecule has 0 amide bonds. The topological polar surface area (TPSA) is 17.0 Å². The molecule has 0 fully saturated rings. The lowest BCUT2D eigenvalue weighted by molar-refractivity contribution is 0.607. The van der Waals surface area contributed by atoms with E-state index in [9.17, 15) is 0 Å². The summed E-state index contributed by atoms with van der Waals surface area (Å²) in [6.07, 6.45) is 8.38. The summed E-state index contributed by atoms with van der Waals surface area (Å²) in [6, 6.07) is 4.79. The Morgan fingerprint density at radius 1 is 1.35 bits per heavy atom. The first-order valence-corrected chi connectivity index (χ1v) is 7.76. The van der Waals surface area contributed by atoms with Crippen LogP contribution in [0.1, 0.15) is 41.1 Å². The Bertz CT molecular complexity index is 706. The highest BCUT2D eigenvalue weighted by Crippen LogP contribution is 2.41. The Hall–Kier alpha value is -1.54. The van der Waals surface area contributed by atoms with Crippen molar-refractivity contribution in [1.29, 1.82) is 0 Å². The monoisotopic (exact) mass is 266 g/mol. The predicted octanol–water partition coefficient (Wildman–Crippen LogP) is 3.62. The molecule has 1 aliphatic heterocycles. The molecule has 0 bridgehead atoms. The van der Waals surface area contributed by atoms with Crippen molar-refractivity contribution in [2.24, 2.45) is 0 Å². The lowest BCUT2D eigenvalue weighted by atomic mass is 9.88. The molecule has 0 radical (unpaired) electrons. The molecular formula is C18H22N2.